The summed E-state index contributed by atoms with van der Waals surface area (Å²) < 4.78 is 34.5. The van der Waals surface area contributed by atoms with E-state index in [1.165, 1.54) is 15.9 Å². The number of thiophene rings is 1. The van der Waals surface area contributed by atoms with Gasteiger partial charge in [0.25, 0.3) is 0 Å². The molecule has 168 valence electrons. The minimum Gasteiger partial charge on any atom is -0.494 e. The molecule has 3 aromatic heterocycles. The van der Waals surface area contributed by atoms with E-state index in [-0.39, 0.29) is 15.6 Å². The van der Waals surface area contributed by atoms with E-state index >= 15 is 0 Å². The molecule has 0 aliphatic carbocycles. The fraction of sp³-hybridized carbons (Fsp3) is 0.174. The third kappa shape index (κ3) is 3.81. The summed E-state index contributed by atoms with van der Waals surface area (Å²) >= 11 is 1.49. The topological polar surface area (TPSA) is 98.5 Å². The normalized spacial score (nSPS) is 11.8. The number of benzene rings is 2. The van der Waals surface area contributed by atoms with Gasteiger partial charge in [0.1, 0.15) is 5.75 Å². The van der Waals surface area contributed by atoms with Crippen LogP contribution in [-0.4, -0.2) is 34.8 Å². The van der Waals surface area contributed by atoms with Crippen molar-refractivity contribution < 1.29 is 13.2 Å². The number of anilines is 2. The SMILES string of the molecule is CCOc1ccc(Nc2nc3c(S(=O)(=O)c4ccc(CC)cc4)nnn3c3ccsc23)cc1. The Hall–Kier alpha value is -3.50. The molecule has 5 aromatic rings. The summed E-state index contributed by atoms with van der Waals surface area (Å²) in [6.45, 7) is 4.54. The van der Waals surface area contributed by atoms with Gasteiger partial charge >= 0.3 is 0 Å². The highest BCUT2D eigenvalue weighted by Gasteiger charge is 2.27. The van der Waals surface area contributed by atoms with Gasteiger partial charge < -0.3 is 10.1 Å². The van der Waals surface area contributed by atoms with Gasteiger partial charge in [0.15, 0.2) is 11.5 Å². The van der Waals surface area contributed by atoms with Crippen molar-refractivity contribution in [3.63, 3.8) is 0 Å². The molecule has 8 nitrogen and oxygen atoms in total. The number of rotatable bonds is 7. The van der Waals surface area contributed by atoms with Crippen molar-refractivity contribution >= 4 is 48.5 Å². The predicted octanol–water partition coefficient (Wildman–Crippen LogP) is 4.88. The molecular weight excluding hydrogens is 458 g/mol. The predicted molar refractivity (Wildman–Crippen MR) is 128 cm³/mol. The van der Waals surface area contributed by atoms with Crippen LogP contribution in [0.15, 0.2) is 69.9 Å². The van der Waals surface area contributed by atoms with Gasteiger partial charge in [-0.3, -0.25) is 0 Å². The zero-order valence-corrected chi connectivity index (χ0v) is 19.7. The van der Waals surface area contributed by atoms with Gasteiger partial charge in [-0.25, -0.2) is 13.4 Å². The van der Waals surface area contributed by atoms with Gasteiger partial charge in [0, 0.05) is 5.69 Å². The third-order valence-electron chi connectivity index (χ3n) is 5.25. The molecule has 5 rings (SSSR count). The first-order chi connectivity index (χ1) is 16.0. The Morgan fingerprint density at radius 3 is 2.48 bits per heavy atom. The molecule has 10 heteroatoms. The molecule has 1 N–H and O–H groups in total. The molecule has 0 unspecified atom stereocenters. The number of nitrogens with one attached hydrogen (secondary N) is 1. The van der Waals surface area contributed by atoms with Crippen molar-refractivity contribution in [2.75, 3.05) is 11.9 Å². The molecule has 0 spiro atoms. The Kier molecular flexibility index (Phi) is 5.47. The average Bonchev–Trinajstić information content (AvgIpc) is 3.48. The Bertz CT molecular complexity index is 1540. The van der Waals surface area contributed by atoms with Crippen LogP contribution in [0.3, 0.4) is 0 Å². The lowest BCUT2D eigenvalue weighted by molar-refractivity contribution is 0.340. The molecule has 0 bridgehead atoms. The smallest absolute Gasteiger partial charge is 0.229 e. The summed E-state index contributed by atoms with van der Waals surface area (Å²) in [6, 6.07) is 16.2. The monoisotopic (exact) mass is 479 g/mol. The first kappa shape index (κ1) is 21.4. The van der Waals surface area contributed by atoms with Gasteiger partial charge in [0.2, 0.25) is 14.9 Å². The van der Waals surface area contributed by atoms with Gasteiger partial charge in [0.05, 0.1) is 21.7 Å². The number of aromatic nitrogens is 4. The van der Waals surface area contributed by atoms with Crippen molar-refractivity contribution in [2.45, 2.75) is 30.2 Å². The molecule has 0 saturated heterocycles. The van der Waals surface area contributed by atoms with Gasteiger partial charge in [-0.05, 0) is 66.8 Å². The van der Waals surface area contributed by atoms with E-state index in [1.54, 1.807) is 12.1 Å². The van der Waals surface area contributed by atoms with E-state index in [0.29, 0.717) is 12.4 Å². The molecule has 0 fully saturated rings. The number of hydrogen-bond donors (Lipinski definition) is 1. The number of ether oxygens (including phenoxy) is 1. The standard InChI is InChI=1S/C23H21N5O3S2/c1-3-15-5-11-18(12-6-15)33(29,30)23-22-25-21(20-19(13-14-32-20)28(22)27-26-23)24-16-7-9-17(10-8-16)31-4-2/h5-14H,3-4H2,1-2H3,(H,24,25). The van der Waals surface area contributed by atoms with Crippen LogP contribution in [0.5, 0.6) is 5.75 Å². The summed E-state index contributed by atoms with van der Waals surface area (Å²) in [6.07, 6.45) is 0.827. The molecule has 0 aliphatic rings. The number of aryl methyl sites for hydroxylation is 1. The largest absolute Gasteiger partial charge is 0.494 e. The number of fused-ring (bicyclic) bond motifs is 3. The Balaban J connectivity index is 1.61. The molecule has 3 heterocycles. The van der Waals surface area contributed by atoms with Crippen molar-refractivity contribution in [1.82, 2.24) is 19.8 Å². The van der Waals surface area contributed by atoms with E-state index in [0.717, 1.165) is 33.6 Å². The maximum atomic E-state index is 13.4. The van der Waals surface area contributed by atoms with Crippen LogP contribution in [0.25, 0.3) is 15.9 Å². The van der Waals surface area contributed by atoms with E-state index in [9.17, 15) is 8.42 Å². The fourth-order valence-electron chi connectivity index (χ4n) is 3.54. The first-order valence-corrected chi connectivity index (χ1v) is 12.8. The van der Waals surface area contributed by atoms with Crippen LogP contribution in [0, 0.1) is 0 Å². The molecule has 0 radical (unpaired) electrons. The third-order valence-corrected chi connectivity index (χ3v) is 7.82. The maximum Gasteiger partial charge on any atom is 0.229 e. The van der Waals surface area contributed by atoms with Crippen LogP contribution in [0.4, 0.5) is 11.5 Å². The second-order valence-corrected chi connectivity index (χ2v) is 10.1. The zero-order chi connectivity index (χ0) is 23.0. The summed E-state index contributed by atoms with van der Waals surface area (Å²) in [5, 5.41) is 13.2. The van der Waals surface area contributed by atoms with Crippen LogP contribution < -0.4 is 10.1 Å². The summed E-state index contributed by atoms with van der Waals surface area (Å²) in [7, 11) is -3.90. The molecule has 2 aromatic carbocycles. The van der Waals surface area contributed by atoms with Crippen LogP contribution in [-0.2, 0) is 16.3 Å². The number of hydrogen-bond acceptors (Lipinski definition) is 8. The molecule has 0 saturated carbocycles. The molecule has 0 aliphatic heterocycles. The van der Waals surface area contributed by atoms with Crippen molar-refractivity contribution in [1.29, 1.82) is 0 Å². The number of sulfone groups is 1. The van der Waals surface area contributed by atoms with Crippen molar-refractivity contribution in [3.05, 3.63) is 65.5 Å². The Labute approximate surface area is 194 Å². The second-order valence-electron chi connectivity index (χ2n) is 7.31. The highest BCUT2D eigenvalue weighted by molar-refractivity contribution is 7.91. The lowest BCUT2D eigenvalue weighted by Gasteiger charge is -2.09. The fourth-order valence-corrected chi connectivity index (χ4v) is 5.59. The van der Waals surface area contributed by atoms with Gasteiger partial charge in [-0.1, -0.05) is 24.3 Å². The molecule has 33 heavy (non-hydrogen) atoms. The lowest BCUT2D eigenvalue weighted by Crippen LogP contribution is -2.05. The highest BCUT2D eigenvalue weighted by Crippen LogP contribution is 2.33. The highest BCUT2D eigenvalue weighted by atomic mass is 32.2. The first-order valence-electron chi connectivity index (χ1n) is 10.5. The lowest BCUT2D eigenvalue weighted by atomic mass is 10.2. The Morgan fingerprint density at radius 2 is 1.79 bits per heavy atom. The second kappa shape index (κ2) is 8.45. The molecule has 0 atom stereocenters. The van der Waals surface area contributed by atoms with E-state index < -0.39 is 9.84 Å². The maximum absolute atomic E-state index is 13.4. The summed E-state index contributed by atoms with van der Waals surface area (Å²) in [4.78, 5) is 4.80. The van der Waals surface area contributed by atoms with Crippen LogP contribution >= 0.6 is 11.3 Å². The van der Waals surface area contributed by atoms with Crippen molar-refractivity contribution in [2.24, 2.45) is 0 Å². The number of nitrogens with zero attached hydrogens (tertiary/aromatic N) is 4. The van der Waals surface area contributed by atoms with Gasteiger partial charge in [-0.15, -0.1) is 16.4 Å². The van der Waals surface area contributed by atoms with Crippen LogP contribution in [0.2, 0.25) is 0 Å². The molecule has 0 amide bonds. The minimum atomic E-state index is -3.90. The van der Waals surface area contributed by atoms with E-state index in [2.05, 4.69) is 20.6 Å². The minimum absolute atomic E-state index is 0.162. The van der Waals surface area contributed by atoms with Gasteiger partial charge in [-0.2, -0.15) is 4.52 Å². The van der Waals surface area contributed by atoms with E-state index in [4.69, 9.17) is 4.74 Å². The van der Waals surface area contributed by atoms with Crippen molar-refractivity contribution in [3.8, 4) is 5.75 Å². The molecular formula is C23H21N5O3S2. The summed E-state index contributed by atoms with van der Waals surface area (Å²) in [5.41, 5.74) is 2.77. The quantitative estimate of drug-likeness (QED) is 0.355. The Morgan fingerprint density at radius 1 is 1.03 bits per heavy atom. The average molecular weight is 480 g/mol. The van der Waals surface area contributed by atoms with Crippen LogP contribution in [0.1, 0.15) is 19.4 Å². The summed E-state index contributed by atoms with van der Waals surface area (Å²) in [5.74, 6) is 1.31. The van der Waals surface area contributed by atoms with E-state index in [1.807, 2.05) is 61.7 Å². The zero-order valence-electron chi connectivity index (χ0n) is 18.0.